The van der Waals surface area contributed by atoms with Gasteiger partial charge in [-0.2, -0.15) is 0 Å². The van der Waals surface area contributed by atoms with Crippen molar-refractivity contribution in [3.05, 3.63) is 28.7 Å². The normalized spacial score (nSPS) is 13.9. The number of guanidine groups is 1. The molecule has 2 rings (SSSR count). The molecule has 1 aliphatic rings. The number of ether oxygens (including phenoxy) is 1. The Labute approximate surface area is 133 Å². The summed E-state index contributed by atoms with van der Waals surface area (Å²) in [6.07, 6.45) is 1.11. The number of aliphatic imine (C=N–C) groups is 1. The monoisotopic (exact) mass is 425 g/mol. The molecule has 0 bridgehead atoms. The molecule has 4 nitrogen and oxygen atoms in total. The van der Waals surface area contributed by atoms with E-state index in [9.17, 15) is 0 Å². The van der Waals surface area contributed by atoms with Gasteiger partial charge in [0.2, 0.25) is 0 Å². The average Bonchev–Trinajstić information content (AvgIpc) is 2.36. The smallest absolute Gasteiger partial charge is 0.191 e. The number of hydrogen-bond donors (Lipinski definition) is 2. The summed E-state index contributed by atoms with van der Waals surface area (Å²) in [4.78, 5) is 4.32. The van der Waals surface area contributed by atoms with Crippen LogP contribution in [0.1, 0.15) is 6.42 Å². The fourth-order valence-electron chi connectivity index (χ4n) is 1.55. The molecule has 1 aliphatic heterocycles. The van der Waals surface area contributed by atoms with E-state index < -0.39 is 0 Å². The van der Waals surface area contributed by atoms with Crippen LogP contribution in [0, 0.1) is 0 Å². The first-order valence-corrected chi connectivity index (χ1v) is 6.54. The fourth-order valence-corrected chi connectivity index (χ4v) is 1.92. The van der Waals surface area contributed by atoms with Gasteiger partial charge in [0, 0.05) is 17.6 Å². The molecule has 0 saturated carbocycles. The van der Waals surface area contributed by atoms with Crippen LogP contribution in [0.15, 0.2) is 33.7 Å². The summed E-state index contributed by atoms with van der Waals surface area (Å²) in [5.41, 5.74) is 0. The molecule has 0 unspecified atom stereocenters. The first-order valence-electron chi connectivity index (χ1n) is 5.75. The third-order valence-electron chi connectivity index (χ3n) is 2.36. The fraction of sp³-hybridized carbons (Fsp3) is 0.417. The second-order valence-electron chi connectivity index (χ2n) is 3.74. The minimum absolute atomic E-state index is 0. The van der Waals surface area contributed by atoms with E-state index in [0.717, 1.165) is 42.2 Å². The topological polar surface area (TPSA) is 45.6 Å². The highest BCUT2D eigenvalue weighted by atomic mass is 127. The van der Waals surface area contributed by atoms with E-state index >= 15 is 0 Å². The molecule has 0 aliphatic carbocycles. The minimum Gasteiger partial charge on any atom is -0.492 e. The summed E-state index contributed by atoms with van der Waals surface area (Å²) in [5, 5.41) is 6.41. The maximum Gasteiger partial charge on any atom is 0.191 e. The van der Waals surface area contributed by atoms with Crippen LogP contribution in [-0.4, -0.2) is 32.2 Å². The lowest BCUT2D eigenvalue weighted by Crippen LogP contribution is -2.42. The molecule has 1 aromatic rings. The van der Waals surface area contributed by atoms with Crippen molar-refractivity contribution in [3.8, 4) is 5.75 Å². The van der Waals surface area contributed by atoms with E-state index in [1.54, 1.807) is 0 Å². The maximum atomic E-state index is 5.60. The average molecular weight is 426 g/mol. The van der Waals surface area contributed by atoms with Crippen LogP contribution in [0.25, 0.3) is 0 Å². The summed E-state index contributed by atoms with van der Waals surface area (Å²) in [6, 6.07) is 7.84. The highest BCUT2D eigenvalue weighted by Gasteiger charge is 2.02. The second-order valence-corrected chi connectivity index (χ2v) is 4.66. The Morgan fingerprint density at radius 1 is 1.44 bits per heavy atom. The minimum atomic E-state index is 0. The third kappa shape index (κ3) is 5.43. The van der Waals surface area contributed by atoms with E-state index in [1.807, 2.05) is 24.3 Å². The lowest BCUT2D eigenvalue weighted by atomic mass is 10.3. The van der Waals surface area contributed by atoms with Gasteiger partial charge in [-0.1, -0.05) is 22.0 Å². The van der Waals surface area contributed by atoms with Crippen molar-refractivity contribution < 1.29 is 4.74 Å². The Morgan fingerprint density at radius 3 is 3.06 bits per heavy atom. The number of nitrogens with one attached hydrogen (secondary N) is 2. The van der Waals surface area contributed by atoms with Gasteiger partial charge in [0.15, 0.2) is 5.96 Å². The van der Waals surface area contributed by atoms with Gasteiger partial charge in [0.1, 0.15) is 12.4 Å². The van der Waals surface area contributed by atoms with Gasteiger partial charge in [0.05, 0.1) is 6.54 Å². The van der Waals surface area contributed by atoms with Gasteiger partial charge < -0.3 is 15.4 Å². The Morgan fingerprint density at radius 2 is 2.33 bits per heavy atom. The van der Waals surface area contributed by atoms with Crippen LogP contribution < -0.4 is 15.4 Å². The van der Waals surface area contributed by atoms with Gasteiger partial charge in [-0.25, -0.2) is 0 Å². The number of rotatable bonds is 4. The summed E-state index contributed by atoms with van der Waals surface area (Å²) in [5.74, 6) is 1.76. The van der Waals surface area contributed by atoms with Gasteiger partial charge in [-0.05, 0) is 24.6 Å². The van der Waals surface area contributed by atoms with Crippen LogP contribution in [0.3, 0.4) is 0 Å². The highest BCUT2D eigenvalue weighted by Crippen LogP contribution is 2.17. The highest BCUT2D eigenvalue weighted by molar-refractivity contribution is 14.0. The van der Waals surface area contributed by atoms with Crippen molar-refractivity contribution in [2.45, 2.75) is 6.42 Å². The number of hydrogen-bond acceptors (Lipinski definition) is 4. The number of halogens is 2. The van der Waals surface area contributed by atoms with Crippen molar-refractivity contribution in [1.29, 1.82) is 0 Å². The quantitative estimate of drug-likeness (QED) is 0.575. The standard InChI is InChI=1S/C12H16BrN3O.HI/c13-10-3-1-4-11(9-10)17-8-7-16-12-14-5-2-6-15-12;/h1,3-4,9H,2,5-8H2,(H2,14,15,16);1H. The van der Waals surface area contributed by atoms with Crippen LogP contribution in [0.4, 0.5) is 0 Å². The zero-order valence-electron chi connectivity index (χ0n) is 9.99. The van der Waals surface area contributed by atoms with Crippen LogP contribution in [-0.2, 0) is 0 Å². The molecular weight excluding hydrogens is 409 g/mol. The summed E-state index contributed by atoms with van der Waals surface area (Å²) >= 11 is 3.41. The summed E-state index contributed by atoms with van der Waals surface area (Å²) in [6.45, 7) is 3.27. The molecule has 0 saturated heterocycles. The lowest BCUT2D eigenvalue weighted by Gasteiger charge is -2.16. The molecule has 100 valence electrons. The van der Waals surface area contributed by atoms with Crippen LogP contribution in [0.2, 0.25) is 0 Å². The van der Waals surface area contributed by atoms with Gasteiger partial charge in [0.25, 0.3) is 0 Å². The summed E-state index contributed by atoms with van der Waals surface area (Å²) in [7, 11) is 0. The molecule has 2 N–H and O–H groups in total. The molecule has 18 heavy (non-hydrogen) atoms. The SMILES string of the molecule is Brc1cccc(OCCNC2=NCCCN2)c1.I. The maximum absolute atomic E-state index is 5.60. The second kappa shape index (κ2) is 8.58. The number of nitrogens with zero attached hydrogens (tertiary/aromatic N) is 1. The van der Waals surface area contributed by atoms with Crippen molar-refractivity contribution >= 4 is 45.9 Å². The molecule has 0 atom stereocenters. The molecule has 0 aromatic heterocycles. The third-order valence-corrected chi connectivity index (χ3v) is 2.85. The number of benzene rings is 1. The lowest BCUT2D eigenvalue weighted by molar-refractivity contribution is 0.321. The first kappa shape index (κ1) is 15.6. The van der Waals surface area contributed by atoms with Crippen molar-refractivity contribution in [2.24, 2.45) is 4.99 Å². The van der Waals surface area contributed by atoms with E-state index in [0.29, 0.717) is 6.61 Å². The largest absolute Gasteiger partial charge is 0.492 e. The first-order chi connectivity index (χ1) is 8.34. The van der Waals surface area contributed by atoms with Crippen molar-refractivity contribution in [3.63, 3.8) is 0 Å². The Bertz CT molecular complexity index is 401. The molecule has 0 fully saturated rings. The Kier molecular flexibility index (Phi) is 7.41. The zero-order chi connectivity index (χ0) is 11.9. The van der Waals surface area contributed by atoms with E-state index in [2.05, 4.69) is 31.6 Å². The van der Waals surface area contributed by atoms with Crippen LogP contribution in [0.5, 0.6) is 5.75 Å². The Hall–Kier alpha value is -0.500. The molecule has 6 heteroatoms. The molecule has 0 amide bonds. The van der Waals surface area contributed by atoms with Gasteiger partial charge >= 0.3 is 0 Å². The molecule has 0 radical (unpaired) electrons. The predicted octanol–water partition coefficient (Wildman–Crippen LogP) is 2.38. The van der Waals surface area contributed by atoms with E-state index in [1.165, 1.54) is 0 Å². The Balaban J connectivity index is 0.00000162. The molecule has 1 aromatic carbocycles. The predicted molar refractivity (Wildman–Crippen MR) is 88.0 cm³/mol. The van der Waals surface area contributed by atoms with Gasteiger partial charge in [-0.15, -0.1) is 24.0 Å². The van der Waals surface area contributed by atoms with Crippen LogP contribution >= 0.6 is 39.9 Å². The zero-order valence-corrected chi connectivity index (χ0v) is 13.9. The molecular formula is C12H17BrIN3O. The molecule has 0 spiro atoms. The van der Waals surface area contributed by atoms with E-state index in [4.69, 9.17) is 4.74 Å². The molecule has 1 heterocycles. The van der Waals surface area contributed by atoms with Crippen molar-refractivity contribution in [1.82, 2.24) is 10.6 Å². The summed E-state index contributed by atoms with van der Waals surface area (Å²) < 4.78 is 6.63. The van der Waals surface area contributed by atoms with Crippen molar-refractivity contribution in [2.75, 3.05) is 26.2 Å². The van der Waals surface area contributed by atoms with Gasteiger partial charge in [-0.3, -0.25) is 4.99 Å². The van der Waals surface area contributed by atoms with E-state index in [-0.39, 0.29) is 24.0 Å².